The lowest BCUT2D eigenvalue weighted by atomic mass is 10.2. The van der Waals surface area contributed by atoms with Gasteiger partial charge in [0.15, 0.2) is 23.2 Å². The molecule has 0 saturated heterocycles. The molecular weight excluding hydrogens is 254 g/mol. The lowest BCUT2D eigenvalue weighted by molar-refractivity contribution is 0.275. The largest absolute Gasteiger partial charge is 0.488 e. The van der Waals surface area contributed by atoms with Crippen LogP contribution in [0.4, 0.5) is 8.78 Å². The van der Waals surface area contributed by atoms with Crippen molar-refractivity contribution < 1.29 is 18.7 Å². The standard InChI is InChI=1S/C13H18F2N2O2/c1-2-3-4-5-6-19-12-10(14)7-9(8-11(12)15)13(16)17-18/h7-8,18H,2-6H2,1H3,(H2,16,17). The van der Waals surface area contributed by atoms with Crippen molar-refractivity contribution in [2.24, 2.45) is 10.9 Å². The molecule has 1 aromatic rings. The van der Waals surface area contributed by atoms with Gasteiger partial charge in [0.2, 0.25) is 0 Å². The molecule has 1 aromatic carbocycles. The molecule has 0 unspecified atom stereocenters. The van der Waals surface area contributed by atoms with Gasteiger partial charge in [0.1, 0.15) is 0 Å². The van der Waals surface area contributed by atoms with E-state index in [4.69, 9.17) is 15.7 Å². The van der Waals surface area contributed by atoms with Crippen molar-refractivity contribution in [3.8, 4) is 5.75 Å². The van der Waals surface area contributed by atoms with Gasteiger partial charge in [-0.1, -0.05) is 31.3 Å². The lowest BCUT2D eigenvalue weighted by Crippen LogP contribution is -2.14. The topological polar surface area (TPSA) is 67.8 Å². The molecule has 0 heterocycles. The quantitative estimate of drug-likeness (QED) is 0.263. The zero-order chi connectivity index (χ0) is 14.3. The van der Waals surface area contributed by atoms with Crippen molar-refractivity contribution in [2.75, 3.05) is 6.61 Å². The monoisotopic (exact) mass is 272 g/mol. The third-order valence-electron chi connectivity index (χ3n) is 2.65. The fraction of sp³-hybridized carbons (Fsp3) is 0.462. The Kier molecular flexibility index (Phi) is 6.05. The highest BCUT2D eigenvalue weighted by Crippen LogP contribution is 2.23. The second-order valence-electron chi connectivity index (χ2n) is 4.16. The Hall–Kier alpha value is -1.85. The highest BCUT2D eigenvalue weighted by molar-refractivity contribution is 5.97. The van der Waals surface area contributed by atoms with Crippen LogP contribution in [-0.4, -0.2) is 17.6 Å². The van der Waals surface area contributed by atoms with Crippen molar-refractivity contribution in [1.29, 1.82) is 0 Å². The van der Waals surface area contributed by atoms with Crippen LogP contribution in [0.2, 0.25) is 0 Å². The van der Waals surface area contributed by atoms with Crippen LogP contribution < -0.4 is 10.5 Å². The molecule has 106 valence electrons. The van der Waals surface area contributed by atoms with Crippen LogP contribution in [0, 0.1) is 11.6 Å². The molecule has 4 nitrogen and oxygen atoms in total. The maximum atomic E-state index is 13.6. The molecule has 0 aromatic heterocycles. The Morgan fingerprint density at radius 3 is 2.42 bits per heavy atom. The summed E-state index contributed by atoms with van der Waals surface area (Å²) in [5, 5.41) is 11.1. The number of nitrogens with zero attached hydrogens (tertiary/aromatic N) is 1. The second-order valence-corrected chi connectivity index (χ2v) is 4.16. The van der Waals surface area contributed by atoms with Crippen molar-refractivity contribution in [3.63, 3.8) is 0 Å². The van der Waals surface area contributed by atoms with Gasteiger partial charge in [-0.15, -0.1) is 0 Å². The van der Waals surface area contributed by atoms with Gasteiger partial charge >= 0.3 is 0 Å². The van der Waals surface area contributed by atoms with Crippen molar-refractivity contribution in [3.05, 3.63) is 29.3 Å². The summed E-state index contributed by atoms with van der Waals surface area (Å²) in [5.41, 5.74) is 5.23. The molecule has 0 radical (unpaired) electrons. The number of halogens is 2. The highest BCUT2D eigenvalue weighted by Gasteiger charge is 2.14. The van der Waals surface area contributed by atoms with Crippen LogP contribution in [-0.2, 0) is 0 Å². The average molecular weight is 272 g/mol. The molecule has 0 fully saturated rings. The molecule has 0 aliphatic carbocycles. The smallest absolute Gasteiger partial charge is 0.190 e. The van der Waals surface area contributed by atoms with E-state index in [2.05, 4.69) is 12.1 Å². The third kappa shape index (κ3) is 4.39. The number of hydrogen-bond acceptors (Lipinski definition) is 3. The highest BCUT2D eigenvalue weighted by atomic mass is 19.1. The van der Waals surface area contributed by atoms with E-state index < -0.39 is 17.4 Å². The molecule has 3 N–H and O–H groups in total. The molecule has 0 spiro atoms. The Balaban J connectivity index is 2.69. The van der Waals surface area contributed by atoms with Crippen molar-refractivity contribution >= 4 is 5.84 Å². The van der Waals surface area contributed by atoms with Crippen LogP contribution in [0.25, 0.3) is 0 Å². The molecule has 0 atom stereocenters. The Morgan fingerprint density at radius 2 is 1.89 bits per heavy atom. The zero-order valence-electron chi connectivity index (χ0n) is 10.8. The van der Waals surface area contributed by atoms with Crippen LogP contribution in [0.1, 0.15) is 38.2 Å². The third-order valence-corrected chi connectivity index (χ3v) is 2.65. The number of oxime groups is 1. The average Bonchev–Trinajstić information content (AvgIpc) is 2.40. The molecule has 0 saturated carbocycles. The summed E-state index contributed by atoms with van der Waals surface area (Å²) in [6.07, 6.45) is 3.85. The first kappa shape index (κ1) is 15.2. The maximum absolute atomic E-state index is 13.6. The van der Waals surface area contributed by atoms with Crippen LogP contribution >= 0.6 is 0 Å². The SMILES string of the molecule is CCCCCCOc1c(F)cc(C(N)=NO)cc1F. The van der Waals surface area contributed by atoms with Gasteiger partial charge < -0.3 is 15.7 Å². The van der Waals surface area contributed by atoms with E-state index in [1.807, 2.05) is 0 Å². The number of hydrogen-bond donors (Lipinski definition) is 2. The summed E-state index contributed by atoms with van der Waals surface area (Å²) in [6.45, 7) is 2.34. The zero-order valence-corrected chi connectivity index (χ0v) is 10.8. The Labute approximate surface area is 110 Å². The number of ether oxygens (including phenoxy) is 1. The van der Waals surface area contributed by atoms with Gasteiger partial charge in [-0.05, 0) is 18.6 Å². The number of amidine groups is 1. The van der Waals surface area contributed by atoms with E-state index in [0.29, 0.717) is 0 Å². The van der Waals surface area contributed by atoms with Crippen LogP contribution in [0.5, 0.6) is 5.75 Å². The van der Waals surface area contributed by atoms with Crippen molar-refractivity contribution in [1.82, 2.24) is 0 Å². The first-order valence-corrected chi connectivity index (χ1v) is 6.19. The molecular formula is C13H18F2N2O2. The summed E-state index contributed by atoms with van der Waals surface area (Å²) < 4.78 is 32.3. The fourth-order valence-electron chi connectivity index (χ4n) is 1.61. The van der Waals surface area contributed by atoms with E-state index in [-0.39, 0.29) is 18.0 Å². The number of benzene rings is 1. The summed E-state index contributed by atoms with van der Waals surface area (Å²) in [5.74, 6) is -2.51. The minimum absolute atomic E-state index is 0.0316. The molecule has 0 bridgehead atoms. The predicted molar refractivity (Wildman–Crippen MR) is 68.5 cm³/mol. The molecule has 0 amide bonds. The summed E-state index contributed by atoms with van der Waals surface area (Å²) in [4.78, 5) is 0. The molecule has 1 rings (SSSR count). The predicted octanol–water partition coefficient (Wildman–Crippen LogP) is 3.02. The van der Waals surface area contributed by atoms with Gasteiger partial charge in [0, 0.05) is 5.56 Å². The maximum Gasteiger partial charge on any atom is 0.190 e. The van der Waals surface area contributed by atoms with E-state index >= 15 is 0 Å². The van der Waals surface area contributed by atoms with E-state index in [1.54, 1.807) is 0 Å². The number of unbranched alkanes of at least 4 members (excludes halogenated alkanes) is 3. The number of nitrogens with two attached hydrogens (primary N) is 1. The van der Waals surface area contributed by atoms with Gasteiger partial charge in [0.25, 0.3) is 0 Å². The fourth-order valence-corrected chi connectivity index (χ4v) is 1.61. The summed E-state index contributed by atoms with van der Waals surface area (Å²) in [7, 11) is 0. The lowest BCUT2D eigenvalue weighted by Gasteiger charge is -2.09. The second kappa shape index (κ2) is 7.56. The van der Waals surface area contributed by atoms with Gasteiger partial charge in [-0.3, -0.25) is 0 Å². The van der Waals surface area contributed by atoms with Gasteiger partial charge in [0.05, 0.1) is 6.61 Å². The number of rotatable bonds is 7. The Bertz CT molecular complexity index is 427. The normalized spacial score (nSPS) is 11.6. The van der Waals surface area contributed by atoms with Gasteiger partial charge in [-0.2, -0.15) is 0 Å². The summed E-state index contributed by atoms with van der Waals surface area (Å²) >= 11 is 0. The van der Waals surface area contributed by atoms with Crippen LogP contribution in [0.15, 0.2) is 17.3 Å². The van der Waals surface area contributed by atoms with E-state index in [9.17, 15) is 8.78 Å². The van der Waals surface area contributed by atoms with E-state index in [1.165, 1.54) is 0 Å². The first-order chi connectivity index (χ1) is 9.10. The van der Waals surface area contributed by atoms with Crippen LogP contribution in [0.3, 0.4) is 0 Å². The Morgan fingerprint density at radius 1 is 1.26 bits per heavy atom. The molecule has 0 aliphatic rings. The minimum atomic E-state index is -0.864. The summed E-state index contributed by atoms with van der Waals surface area (Å²) in [6, 6.07) is 1.94. The van der Waals surface area contributed by atoms with E-state index in [0.717, 1.165) is 37.8 Å². The molecule has 0 aliphatic heterocycles. The first-order valence-electron chi connectivity index (χ1n) is 6.19. The minimum Gasteiger partial charge on any atom is -0.488 e. The molecule has 19 heavy (non-hydrogen) atoms. The van der Waals surface area contributed by atoms with Crippen molar-refractivity contribution in [2.45, 2.75) is 32.6 Å². The van der Waals surface area contributed by atoms with Gasteiger partial charge in [-0.25, -0.2) is 8.78 Å². The molecule has 6 heteroatoms.